The van der Waals surface area contributed by atoms with Crippen LogP contribution in [0.5, 0.6) is 0 Å². The topological polar surface area (TPSA) is 57.5 Å². The number of benzene rings is 2. The van der Waals surface area contributed by atoms with Gasteiger partial charge in [-0.05, 0) is 57.5 Å². The van der Waals surface area contributed by atoms with Crippen LogP contribution in [0.15, 0.2) is 46.9 Å². The van der Waals surface area contributed by atoms with Crippen molar-refractivity contribution in [2.45, 2.75) is 39.9 Å². The summed E-state index contributed by atoms with van der Waals surface area (Å²) in [5.41, 5.74) is 4.66. The number of carbonyl (C=O) groups is 1. The monoisotopic (exact) mass is 349 g/mol. The highest BCUT2D eigenvalue weighted by atomic mass is 16.3. The van der Waals surface area contributed by atoms with Crippen molar-refractivity contribution in [3.63, 3.8) is 0 Å². The molecule has 0 bridgehead atoms. The molecule has 5 nitrogen and oxygen atoms in total. The van der Waals surface area contributed by atoms with Gasteiger partial charge < -0.3 is 9.73 Å². The van der Waals surface area contributed by atoms with Crippen LogP contribution in [0.25, 0.3) is 11.0 Å². The smallest absolute Gasteiger partial charge is 0.328 e. The van der Waals surface area contributed by atoms with Gasteiger partial charge in [0.15, 0.2) is 5.76 Å². The molecule has 0 saturated carbocycles. The second kappa shape index (κ2) is 6.18. The van der Waals surface area contributed by atoms with Crippen LogP contribution in [0.4, 0.5) is 16.2 Å². The van der Waals surface area contributed by atoms with Gasteiger partial charge in [0.05, 0.1) is 5.69 Å². The number of hydrogen-bond donors (Lipinski definition) is 2. The van der Waals surface area contributed by atoms with Gasteiger partial charge in [-0.15, -0.1) is 0 Å². The molecule has 2 amide bonds. The maximum absolute atomic E-state index is 13.0. The van der Waals surface area contributed by atoms with Gasteiger partial charge in [0.1, 0.15) is 17.4 Å². The molecule has 0 saturated heterocycles. The molecular formula is C21H23N3O2. The Morgan fingerprint density at radius 1 is 1.12 bits per heavy atom. The summed E-state index contributed by atoms with van der Waals surface area (Å²) in [6, 6.07) is 14.0. The van der Waals surface area contributed by atoms with Crippen LogP contribution >= 0.6 is 0 Å². The van der Waals surface area contributed by atoms with Crippen molar-refractivity contribution in [3.05, 3.63) is 59.4 Å². The number of rotatable bonds is 3. The quantitative estimate of drug-likeness (QED) is 0.706. The van der Waals surface area contributed by atoms with Crippen molar-refractivity contribution in [1.29, 1.82) is 0 Å². The minimum atomic E-state index is -0.355. The molecule has 2 N–H and O–H groups in total. The third-order valence-electron chi connectivity index (χ3n) is 4.56. The average Bonchev–Trinajstić information content (AvgIpc) is 2.93. The maximum atomic E-state index is 13.0. The summed E-state index contributed by atoms with van der Waals surface area (Å²) in [4.78, 5) is 14.7. The molecule has 26 heavy (non-hydrogen) atoms. The number of furan rings is 1. The molecular weight excluding hydrogens is 326 g/mol. The van der Waals surface area contributed by atoms with E-state index in [9.17, 15) is 4.79 Å². The number of nitrogens with zero attached hydrogens (tertiary/aromatic N) is 1. The zero-order valence-corrected chi connectivity index (χ0v) is 15.5. The lowest BCUT2D eigenvalue weighted by molar-refractivity contribution is 0.234. The van der Waals surface area contributed by atoms with Crippen LogP contribution in [0.3, 0.4) is 0 Å². The van der Waals surface area contributed by atoms with Crippen molar-refractivity contribution < 1.29 is 9.21 Å². The Labute approximate surface area is 153 Å². The molecule has 1 atom stereocenters. The van der Waals surface area contributed by atoms with E-state index in [0.717, 1.165) is 39.2 Å². The Balaban J connectivity index is 1.96. The second-order valence-corrected chi connectivity index (χ2v) is 7.19. The Hall–Kier alpha value is -2.79. The van der Waals surface area contributed by atoms with Crippen LogP contribution in [0.1, 0.15) is 36.9 Å². The molecule has 0 fully saturated rings. The van der Waals surface area contributed by atoms with E-state index in [-0.39, 0.29) is 18.2 Å². The SMILES string of the molecule is Cc1cccc(N2C(=O)NC(NC(C)C)c3oc4ccc(C)cc4c32)c1. The average molecular weight is 349 g/mol. The highest BCUT2D eigenvalue weighted by Gasteiger charge is 2.37. The molecule has 1 aliphatic heterocycles. The molecule has 2 heterocycles. The van der Waals surface area contributed by atoms with E-state index in [1.54, 1.807) is 4.90 Å². The minimum absolute atomic E-state index is 0.162. The van der Waals surface area contributed by atoms with E-state index in [0.29, 0.717) is 0 Å². The van der Waals surface area contributed by atoms with E-state index >= 15 is 0 Å². The molecule has 0 radical (unpaired) electrons. The molecule has 3 aromatic rings. The number of nitrogens with one attached hydrogen (secondary N) is 2. The zero-order chi connectivity index (χ0) is 18.4. The number of urea groups is 1. The molecule has 4 rings (SSSR count). The number of carbonyl (C=O) groups excluding carboxylic acids is 1. The highest BCUT2D eigenvalue weighted by molar-refractivity contribution is 6.10. The van der Waals surface area contributed by atoms with E-state index in [1.807, 2.05) is 64.1 Å². The molecule has 2 aromatic carbocycles. The fourth-order valence-corrected chi connectivity index (χ4v) is 3.46. The van der Waals surface area contributed by atoms with Crippen molar-refractivity contribution in [2.24, 2.45) is 0 Å². The first-order chi connectivity index (χ1) is 12.4. The number of fused-ring (bicyclic) bond motifs is 3. The Morgan fingerprint density at radius 3 is 2.62 bits per heavy atom. The fourth-order valence-electron chi connectivity index (χ4n) is 3.46. The van der Waals surface area contributed by atoms with E-state index < -0.39 is 0 Å². The van der Waals surface area contributed by atoms with E-state index in [1.165, 1.54) is 0 Å². The molecule has 5 heteroatoms. The van der Waals surface area contributed by atoms with Gasteiger partial charge in [-0.3, -0.25) is 10.2 Å². The van der Waals surface area contributed by atoms with E-state index in [4.69, 9.17) is 4.42 Å². The molecule has 1 unspecified atom stereocenters. The number of hydrogen-bond acceptors (Lipinski definition) is 3. The normalized spacial score (nSPS) is 16.9. The van der Waals surface area contributed by atoms with Crippen LogP contribution in [0, 0.1) is 13.8 Å². The third kappa shape index (κ3) is 2.74. The zero-order valence-electron chi connectivity index (χ0n) is 15.5. The van der Waals surface area contributed by atoms with Gasteiger partial charge in [-0.1, -0.05) is 23.8 Å². The van der Waals surface area contributed by atoms with Crippen molar-refractivity contribution in [1.82, 2.24) is 10.6 Å². The summed E-state index contributed by atoms with van der Waals surface area (Å²) < 4.78 is 6.17. The first-order valence-electron chi connectivity index (χ1n) is 8.90. The Bertz CT molecular complexity index is 990. The largest absolute Gasteiger partial charge is 0.455 e. The first-order valence-corrected chi connectivity index (χ1v) is 8.90. The highest BCUT2D eigenvalue weighted by Crippen LogP contribution is 2.43. The lowest BCUT2D eigenvalue weighted by Crippen LogP contribution is -2.49. The number of anilines is 2. The fraction of sp³-hybridized carbons (Fsp3) is 0.286. The number of aryl methyl sites for hydroxylation is 2. The molecule has 1 aromatic heterocycles. The summed E-state index contributed by atoms with van der Waals surface area (Å²) >= 11 is 0. The van der Waals surface area contributed by atoms with Crippen LogP contribution in [-0.2, 0) is 0 Å². The van der Waals surface area contributed by atoms with Crippen molar-refractivity contribution in [3.8, 4) is 0 Å². The lowest BCUT2D eigenvalue weighted by atomic mass is 10.1. The van der Waals surface area contributed by atoms with Crippen LogP contribution < -0.4 is 15.5 Å². The summed E-state index contributed by atoms with van der Waals surface area (Å²) in [5, 5.41) is 7.36. The molecule has 1 aliphatic rings. The summed E-state index contributed by atoms with van der Waals surface area (Å²) in [5.74, 6) is 0.736. The van der Waals surface area contributed by atoms with Gasteiger partial charge in [0.25, 0.3) is 0 Å². The summed E-state index contributed by atoms with van der Waals surface area (Å²) in [7, 11) is 0. The number of amides is 2. The minimum Gasteiger partial charge on any atom is -0.455 e. The van der Waals surface area contributed by atoms with Gasteiger partial charge in [-0.2, -0.15) is 0 Å². The molecule has 134 valence electrons. The van der Waals surface area contributed by atoms with Gasteiger partial charge in [0.2, 0.25) is 0 Å². The van der Waals surface area contributed by atoms with Crippen LogP contribution in [0.2, 0.25) is 0 Å². The predicted octanol–water partition coefficient (Wildman–Crippen LogP) is 4.91. The second-order valence-electron chi connectivity index (χ2n) is 7.19. The maximum Gasteiger partial charge on any atom is 0.328 e. The molecule has 0 aliphatic carbocycles. The summed E-state index contributed by atoms with van der Waals surface area (Å²) in [6.07, 6.45) is -0.355. The Kier molecular flexibility index (Phi) is 3.96. The van der Waals surface area contributed by atoms with Gasteiger partial charge >= 0.3 is 6.03 Å². The Morgan fingerprint density at radius 2 is 1.88 bits per heavy atom. The lowest BCUT2D eigenvalue weighted by Gasteiger charge is -2.33. The van der Waals surface area contributed by atoms with Gasteiger partial charge in [-0.25, -0.2) is 4.79 Å². The first kappa shape index (κ1) is 16.7. The van der Waals surface area contributed by atoms with Gasteiger partial charge in [0, 0.05) is 11.4 Å². The third-order valence-corrected chi connectivity index (χ3v) is 4.56. The molecule has 0 spiro atoms. The van der Waals surface area contributed by atoms with Crippen LogP contribution in [-0.4, -0.2) is 12.1 Å². The van der Waals surface area contributed by atoms with E-state index in [2.05, 4.69) is 16.7 Å². The predicted molar refractivity (Wildman–Crippen MR) is 104 cm³/mol. The van der Waals surface area contributed by atoms with Crippen molar-refractivity contribution in [2.75, 3.05) is 4.90 Å². The summed E-state index contributed by atoms with van der Waals surface area (Å²) in [6.45, 7) is 8.16. The standard InChI is InChI=1S/C21H23N3O2/c1-12(2)22-20-19-18(16-11-14(4)8-9-17(16)26-19)24(21(25)23-20)15-7-5-6-13(3)10-15/h5-12,20,22H,1-4H3,(H,23,25). The van der Waals surface area contributed by atoms with Crippen molar-refractivity contribution >= 4 is 28.4 Å².